The van der Waals surface area contributed by atoms with Crippen LogP contribution >= 0.6 is 23.4 Å². The van der Waals surface area contributed by atoms with Gasteiger partial charge in [-0.05, 0) is 37.0 Å². The number of anilines is 1. The fourth-order valence-corrected chi connectivity index (χ4v) is 4.79. The number of benzene rings is 1. The number of aromatic nitrogens is 1. The molecule has 6 nitrogen and oxygen atoms in total. The van der Waals surface area contributed by atoms with Crippen LogP contribution in [0.1, 0.15) is 25.0 Å². The number of ether oxygens (including phenoxy) is 1. The predicted molar refractivity (Wildman–Crippen MR) is 110 cm³/mol. The van der Waals surface area contributed by atoms with Gasteiger partial charge in [-0.15, -0.1) is 11.8 Å². The number of carboxylic acid groups (broad SMARTS) is 1. The summed E-state index contributed by atoms with van der Waals surface area (Å²) in [6.45, 7) is 2.56. The van der Waals surface area contributed by atoms with Crippen molar-refractivity contribution in [1.29, 1.82) is 0 Å². The van der Waals surface area contributed by atoms with Gasteiger partial charge in [0.05, 0.1) is 29.4 Å². The Morgan fingerprint density at radius 3 is 2.96 bits per heavy atom. The molecule has 0 spiro atoms. The second kappa shape index (κ2) is 8.12. The van der Waals surface area contributed by atoms with E-state index in [-0.39, 0.29) is 12.5 Å². The highest BCUT2D eigenvalue weighted by molar-refractivity contribution is 8.14. The average Bonchev–Trinajstić information content (AvgIpc) is 3.26. The van der Waals surface area contributed by atoms with Crippen molar-refractivity contribution in [3.63, 3.8) is 0 Å². The molecule has 1 aromatic heterocycles. The van der Waals surface area contributed by atoms with Gasteiger partial charge in [-0.2, -0.15) is 0 Å². The number of aliphatic imine (C=N–C) groups is 1. The number of halogens is 1. The lowest BCUT2D eigenvalue weighted by Crippen LogP contribution is -2.22. The number of hydrogen-bond donors (Lipinski definition) is 3. The summed E-state index contributed by atoms with van der Waals surface area (Å²) in [6.07, 6.45) is 2.22. The summed E-state index contributed by atoms with van der Waals surface area (Å²) < 4.78 is 5.43. The van der Waals surface area contributed by atoms with E-state index in [1.54, 1.807) is 11.8 Å². The molecule has 2 aromatic rings. The third-order valence-electron chi connectivity index (χ3n) is 4.97. The Hall–Kier alpha value is -1.70. The Kier molecular flexibility index (Phi) is 5.61. The molecule has 0 saturated carbocycles. The zero-order chi connectivity index (χ0) is 18.8. The Morgan fingerprint density at radius 1 is 1.37 bits per heavy atom. The second-order valence-electron chi connectivity index (χ2n) is 7.03. The maximum atomic E-state index is 10.9. The van der Waals surface area contributed by atoms with Gasteiger partial charge in [0, 0.05) is 35.9 Å². The maximum absolute atomic E-state index is 10.9. The first-order chi connectivity index (χ1) is 13.1. The number of hydrogen-bond acceptors (Lipinski definition) is 5. The molecule has 144 valence electrons. The highest BCUT2D eigenvalue weighted by atomic mass is 35.5. The molecule has 0 aliphatic carbocycles. The van der Waals surface area contributed by atoms with E-state index in [4.69, 9.17) is 21.4 Å². The van der Waals surface area contributed by atoms with Gasteiger partial charge in [0.15, 0.2) is 0 Å². The SMILES string of the molecule is O=C(O)C[C@H]1CSC(c2cc3cc(Cl)cc(NCC4CCOCC4)c3[nH]2)=N1. The van der Waals surface area contributed by atoms with Crippen molar-refractivity contribution in [2.24, 2.45) is 10.9 Å². The summed E-state index contributed by atoms with van der Waals surface area (Å²) in [5.41, 5.74) is 2.91. The number of H-pyrrole nitrogens is 1. The van der Waals surface area contributed by atoms with Gasteiger partial charge in [0.25, 0.3) is 0 Å². The lowest BCUT2D eigenvalue weighted by atomic mass is 10.0. The molecule has 4 rings (SSSR count). The number of carboxylic acids is 1. The zero-order valence-electron chi connectivity index (χ0n) is 14.8. The van der Waals surface area contributed by atoms with Crippen molar-refractivity contribution >= 4 is 51.0 Å². The predicted octanol–water partition coefficient (Wildman–Crippen LogP) is 4.00. The van der Waals surface area contributed by atoms with Crippen molar-refractivity contribution in [1.82, 2.24) is 4.98 Å². The summed E-state index contributed by atoms with van der Waals surface area (Å²) >= 11 is 7.92. The van der Waals surface area contributed by atoms with E-state index < -0.39 is 5.97 Å². The second-order valence-corrected chi connectivity index (χ2v) is 8.48. The van der Waals surface area contributed by atoms with Gasteiger partial charge < -0.3 is 20.1 Å². The molecule has 0 amide bonds. The first-order valence-corrected chi connectivity index (χ1v) is 10.5. The Labute approximate surface area is 166 Å². The number of nitrogens with zero attached hydrogens (tertiary/aromatic N) is 1. The van der Waals surface area contributed by atoms with E-state index in [0.717, 1.165) is 59.9 Å². The van der Waals surface area contributed by atoms with Crippen LogP contribution in [0.2, 0.25) is 5.02 Å². The number of rotatable bonds is 6. The van der Waals surface area contributed by atoms with Gasteiger partial charge in [0.2, 0.25) is 0 Å². The largest absolute Gasteiger partial charge is 0.481 e. The topological polar surface area (TPSA) is 86.7 Å². The van der Waals surface area contributed by atoms with Crippen molar-refractivity contribution in [2.75, 3.05) is 30.8 Å². The van der Waals surface area contributed by atoms with Crippen molar-refractivity contribution in [3.05, 3.63) is 28.9 Å². The third kappa shape index (κ3) is 4.42. The lowest BCUT2D eigenvalue weighted by Gasteiger charge is -2.22. The summed E-state index contributed by atoms with van der Waals surface area (Å²) in [4.78, 5) is 18.9. The monoisotopic (exact) mass is 407 g/mol. The molecule has 2 aliphatic rings. The van der Waals surface area contributed by atoms with E-state index in [0.29, 0.717) is 16.7 Å². The van der Waals surface area contributed by atoms with Crippen LogP contribution in [-0.2, 0) is 9.53 Å². The van der Waals surface area contributed by atoms with Crippen LogP contribution in [0.4, 0.5) is 5.69 Å². The van der Waals surface area contributed by atoms with Crippen LogP contribution in [0, 0.1) is 5.92 Å². The molecular weight excluding hydrogens is 386 g/mol. The number of thioether (sulfide) groups is 1. The van der Waals surface area contributed by atoms with Gasteiger partial charge in [-0.3, -0.25) is 9.79 Å². The van der Waals surface area contributed by atoms with Crippen molar-refractivity contribution in [3.8, 4) is 0 Å². The third-order valence-corrected chi connectivity index (χ3v) is 6.34. The molecule has 0 radical (unpaired) electrons. The summed E-state index contributed by atoms with van der Waals surface area (Å²) in [7, 11) is 0. The molecule has 1 aromatic carbocycles. The molecule has 1 atom stereocenters. The van der Waals surface area contributed by atoms with E-state index >= 15 is 0 Å². The molecule has 1 saturated heterocycles. The molecule has 8 heteroatoms. The summed E-state index contributed by atoms with van der Waals surface area (Å²) in [5.74, 6) is 0.495. The highest BCUT2D eigenvalue weighted by Gasteiger charge is 2.23. The van der Waals surface area contributed by atoms with Crippen LogP contribution < -0.4 is 5.32 Å². The Balaban J connectivity index is 1.55. The number of aliphatic carboxylic acids is 1. The Bertz CT molecular complexity index is 876. The zero-order valence-corrected chi connectivity index (χ0v) is 16.4. The van der Waals surface area contributed by atoms with Gasteiger partial charge in [-0.1, -0.05) is 11.6 Å². The molecule has 0 unspecified atom stereocenters. The van der Waals surface area contributed by atoms with E-state index in [9.17, 15) is 4.79 Å². The van der Waals surface area contributed by atoms with Crippen molar-refractivity contribution in [2.45, 2.75) is 25.3 Å². The summed E-state index contributed by atoms with van der Waals surface area (Å²) in [5, 5.41) is 15.1. The van der Waals surface area contributed by atoms with Gasteiger partial charge in [0.1, 0.15) is 5.04 Å². The molecule has 3 N–H and O–H groups in total. The van der Waals surface area contributed by atoms with Crippen molar-refractivity contribution < 1.29 is 14.6 Å². The lowest BCUT2D eigenvalue weighted by molar-refractivity contribution is -0.137. The fraction of sp³-hybridized carbons (Fsp3) is 0.474. The molecule has 0 bridgehead atoms. The molecule has 1 fully saturated rings. The average molecular weight is 408 g/mol. The van der Waals surface area contributed by atoms with Gasteiger partial charge >= 0.3 is 5.97 Å². The first kappa shape index (κ1) is 18.7. The van der Waals surface area contributed by atoms with Crippen LogP contribution in [-0.4, -0.2) is 52.7 Å². The van der Waals surface area contributed by atoms with E-state index in [2.05, 4.69) is 15.3 Å². The number of nitrogens with one attached hydrogen (secondary N) is 2. The highest BCUT2D eigenvalue weighted by Crippen LogP contribution is 2.32. The van der Waals surface area contributed by atoms with Crippen LogP contribution in [0.25, 0.3) is 10.9 Å². The van der Waals surface area contributed by atoms with Crippen LogP contribution in [0.5, 0.6) is 0 Å². The summed E-state index contributed by atoms with van der Waals surface area (Å²) in [6, 6.07) is 5.75. The van der Waals surface area contributed by atoms with E-state index in [1.165, 1.54) is 0 Å². The Morgan fingerprint density at radius 2 is 2.19 bits per heavy atom. The molecular formula is C19H22ClN3O3S. The quantitative estimate of drug-likeness (QED) is 0.673. The fourth-order valence-electron chi connectivity index (χ4n) is 3.54. The molecule has 27 heavy (non-hydrogen) atoms. The van der Waals surface area contributed by atoms with Crippen LogP contribution in [0.15, 0.2) is 23.2 Å². The van der Waals surface area contributed by atoms with E-state index in [1.807, 2.05) is 18.2 Å². The number of carbonyl (C=O) groups is 1. The minimum absolute atomic E-state index is 0.0699. The standard InChI is InChI=1S/C19H22ClN3O3S/c20-13-5-12-6-16(19-22-14(10-27-19)8-17(24)25)23-18(12)15(7-13)21-9-11-1-3-26-4-2-11/h5-7,11,14,21,23H,1-4,8-10H2,(H,24,25)/t14-/m0/s1. The minimum atomic E-state index is -0.811. The van der Waals surface area contributed by atoms with Gasteiger partial charge in [-0.25, -0.2) is 0 Å². The molecule has 3 heterocycles. The normalized spacial score (nSPS) is 20.8. The number of fused-ring (bicyclic) bond motifs is 1. The molecule has 2 aliphatic heterocycles. The first-order valence-electron chi connectivity index (χ1n) is 9.15. The minimum Gasteiger partial charge on any atom is -0.481 e. The smallest absolute Gasteiger partial charge is 0.305 e. The maximum Gasteiger partial charge on any atom is 0.305 e. The number of aromatic amines is 1. The van der Waals surface area contributed by atoms with Crippen LogP contribution in [0.3, 0.4) is 0 Å².